The zero-order chi connectivity index (χ0) is 14.8. The van der Waals surface area contributed by atoms with E-state index in [0.717, 1.165) is 30.8 Å². The molecular weight excluding hydrogens is 333 g/mol. The summed E-state index contributed by atoms with van der Waals surface area (Å²) in [5.74, 6) is 0.674. The Balaban J connectivity index is 2.11. The zero-order valence-corrected chi connectivity index (χ0v) is 13.4. The van der Waals surface area contributed by atoms with E-state index in [2.05, 4.69) is 27.3 Å². The molecule has 1 aliphatic rings. The molecule has 1 N–H and O–H groups in total. The molecule has 2 aromatic rings. The van der Waals surface area contributed by atoms with E-state index in [9.17, 15) is 4.39 Å². The second kappa shape index (κ2) is 6.16. The largest absolute Gasteiger partial charge is 0.493 e. The Bertz CT molecular complexity index is 659. The lowest BCUT2D eigenvalue weighted by Gasteiger charge is -2.25. The number of nitrogens with one attached hydrogen (secondary N) is 1. The summed E-state index contributed by atoms with van der Waals surface area (Å²) >= 11 is 3.26. The maximum absolute atomic E-state index is 14.4. The highest BCUT2D eigenvalue weighted by molar-refractivity contribution is 9.10. The van der Waals surface area contributed by atoms with Gasteiger partial charge in [0.1, 0.15) is 11.6 Å². The Hall–Kier alpha value is -1.39. The molecule has 2 nitrogen and oxygen atoms in total. The molecule has 1 unspecified atom stereocenters. The van der Waals surface area contributed by atoms with Crippen LogP contribution in [-0.4, -0.2) is 13.7 Å². The maximum Gasteiger partial charge on any atom is 0.142 e. The van der Waals surface area contributed by atoms with Gasteiger partial charge in [0.25, 0.3) is 0 Å². The van der Waals surface area contributed by atoms with E-state index in [1.807, 2.05) is 31.3 Å². The van der Waals surface area contributed by atoms with Gasteiger partial charge in [-0.1, -0.05) is 30.3 Å². The third-order valence-corrected chi connectivity index (χ3v) is 4.47. The summed E-state index contributed by atoms with van der Waals surface area (Å²) in [6, 6.07) is 11.3. The number of ether oxygens (including phenoxy) is 1. The first-order chi connectivity index (χ1) is 10.2. The van der Waals surface area contributed by atoms with Crippen molar-refractivity contribution in [3.8, 4) is 5.75 Å². The minimum Gasteiger partial charge on any atom is -0.493 e. The lowest BCUT2D eigenvalue weighted by molar-refractivity contribution is 0.283. The molecule has 1 atom stereocenters. The van der Waals surface area contributed by atoms with Crippen LogP contribution in [0.5, 0.6) is 5.75 Å². The molecular formula is C17H17BrFNO. The molecule has 0 spiro atoms. The summed E-state index contributed by atoms with van der Waals surface area (Å²) in [6.45, 7) is 0.724. The number of rotatable bonds is 3. The molecule has 0 amide bonds. The third kappa shape index (κ3) is 2.70. The number of fused-ring (bicyclic) bond motifs is 1. The molecule has 4 heteroatoms. The molecule has 0 aliphatic carbocycles. The molecule has 21 heavy (non-hydrogen) atoms. The van der Waals surface area contributed by atoms with Crippen LogP contribution in [0.1, 0.15) is 29.2 Å². The van der Waals surface area contributed by atoms with Gasteiger partial charge in [0.15, 0.2) is 0 Å². The highest BCUT2D eigenvalue weighted by Crippen LogP contribution is 2.37. The van der Waals surface area contributed by atoms with Crippen molar-refractivity contribution in [2.75, 3.05) is 13.7 Å². The molecule has 3 rings (SSSR count). The highest BCUT2D eigenvalue weighted by Gasteiger charge is 2.24. The molecule has 0 saturated carbocycles. The Morgan fingerprint density at radius 1 is 1.19 bits per heavy atom. The van der Waals surface area contributed by atoms with Crippen LogP contribution in [0.25, 0.3) is 0 Å². The van der Waals surface area contributed by atoms with Gasteiger partial charge >= 0.3 is 0 Å². The van der Waals surface area contributed by atoms with Crippen LogP contribution < -0.4 is 10.1 Å². The normalized spacial score (nSPS) is 15.2. The SMILES string of the molecule is CNC(c1cccc(Br)c1F)c1cccc2c1OCCC2. The van der Waals surface area contributed by atoms with Crippen LogP contribution in [0.15, 0.2) is 40.9 Å². The minimum absolute atomic E-state index is 0.226. The predicted molar refractivity (Wildman–Crippen MR) is 85.3 cm³/mol. The van der Waals surface area contributed by atoms with Gasteiger partial charge < -0.3 is 10.1 Å². The molecule has 0 saturated heterocycles. The number of para-hydroxylation sites is 1. The smallest absolute Gasteiger partial charge is 0.142 e. The van der Waals surface area contributed by atoms with Crippen molar-refractivity contribution in [2.45, 2.75) is 18.9 Å². The van der Waals surface area contributed by atoms with Gasteiger partial charge in [-0.3, -0.25) is 0 Å². The Labute approximate surface area is 132 Å². The van der Waals surface area contributed by atoms with E-state index in [1.54, 1.807) is 6.07 Å². The summed E-state index contributed by atoms with van der Waals surface area (Å²) in [5.41, 5.74) is 2.82. The van der Waals surface area contributed by atoms with Crippen molar-refractivity contribution in [2.24, 2.45) is 0 Å². The van der Waals surface area contributed by atoms with Crippen LogP contribution in [0.2, 0.25) is 0 Å². The molecule has 1 heterocycles. The predicted octanol–water partition coefficient (Wildman–Crippen LogP) is 4.22. The number of benzene rings is 2. The average Bonchev–Trinajstić information content (AvgIpc) is 2.52. The van der Waals surface area contributed by atoms with Crippen molar-refractivity contribution in [1.29, 1.82) is 0 Å². The first-order valence-corrected chi connectivity index (χ1v) is 7.87. The zero-order valence-electron chi connectivity index (χ0n) is 11.8. The number of hydrogen-bond donors (Lipinski definition) is 1. The van der Waals surface area contributed by atoms with Crippen LogP contribution in [0.3, 0.4) is 0 Å². The quantitative estimate of drug-likeness (QED) is 0.895. The van der Waals surface area contributed by atoms with Gasteiger partial charge in [0.2, 0.25) is 0 Å². The first kappa shape index (κ1) is 14.5. The van der Waals surface area contributed by atoms with Gasteiger partial charge in [-0.2, -0.15) is 0 Å². The Morgan fingerprint density at radius 3 is 2.76 bits per heavy atom. The van der Waals surface area contributed by atoms with Crippen molar-refractivity contribution in [1.82, 2.24) is 5.32 Å². The number of halogens is 2. The van der Waals surface area contributed by atoms with Gasteiger partial charge in [-0.25, -0.2) is 4.39 Å². The van der Waals surface area contributed by atoms with Gasteiger partial charge in [0, 0.05) is 11.1 Å². The standard InChI is InChI=1S/C17H17BrFNO/c1-20-16(12-7-3-9-14(18)15(12)19)13-8-2-5-11-6-4-10-21-17(11)13/h2-3,5,7-9,16,20H,4,6,10H2,1H3. The molecule has 0 aromatic heterocycles. The maximum atomic E-state index is 14.4. The van der Waals surface area contributed by atoms with E-state index in [4.69, 9.17) is 4.74 Å². The van der Waals surface area contributed by atoms with E-state index in [1.165, 1.54) is 5.56 Å². The van der Waals surface area contributed by atoms with Crippen LogP contribution in [0, 0.1) is 5.82 Å². The second-order valence-electron chi connectivity index (χ2n) is 5.15. The fraction of sp³-hybridized carbons (Fsp3) is 0.294. The third-order valence-electron chi connectivity index (χ3n) is 3.86. The van der Waals surface area contributed by atoms with E-state index >= 15 is 0 Å². The van der Waals surface area contributed by atoms with Crippen LogP contribution in [-0.2, 0) is 6.42 Å². The molecule has 1 aliphatic heterocycles. The van der Waals surface area contributed by atoms with Crippen molar-refractivity contribution in [3.05, 3.63) is 63.4 Å². The molecule has 2 aromatic carbocycles. The van der Waals surface area contributed by atoms with Gasteiger partial charge in [-0.05, 0) is 47.4 Å². The fourth-order valence-electron chi connectivity index (χ4n) is 2.86. The van der Waals surface area contributed by atoms with Crippen LogP contribution in [0.4, 0.5) is 4.39 Å². The topological polar surface area (TPSA) is 21.3 Å². The second-order valence-corrected chi connectivity index (χ2v) is 6.01. The summed E-state index contributed by atoms with van der Waals surface area (Å²) in [4.78, 5) is 0. The lowest BCUT2D eigenvalue weighted by Crippen LogP contribution is -2.21. The van der Waals surface area contributed by atoms with Crippen molar-refractivity contribution >= 4 is 15.9 Å². The summed E-state index contributed by atoms with van der Waals surface area (Å²) in [6.07, 6.45) is 2.05. The molecule has 110 valence electrons. The summed E-state index contributed by atoms with van der Waals surface area (Å²) in [7, 11) is 1.84. The summed E-state index contributed by atoms with van der Waals surface area (Å²) < 4.78 is 20.8. The van der Waals surface area contributed by atoms with E-state index in [-0.39, 0.29) is 11.9 Å². The van der Waals surface area contributed by atoms with Crippen LogP contribution >= 0.6 is 15.9 Å². The van der Waals surface area contributed by atoms with E-state index in [0.29, 0.717) is 10.0 Å². The molecule has 0 fully saturated rings. The number of aryl methyl sites for hydroxylation is 1. The fourth-order valence-corrected chi connectivity index (χ4v) is 3.25. The first-order valence-electron chi connectivity index (χ1n) is 7.08. The lowest BCUT2D eigenvalue weighted by atomic mass is 9.93. The minimum atomic E-state index is -0.231. The monoisotopic (exact) mass is 349 g/mol. The molecule has 0 bridgehead atoms. The van der Waals surface area contributed by atoms with Gasteiger partial charge in [-0.15, -0.1) is 0 Å². The van der Waals surface area contributed by atoms with Crippen molar-refractivity contribution < 1.29 is 9.13 Å². The summed E-state index contributed by atoms with van der Waals surface area (Å²) in [5, 5.41) is 3.21. The van der Waals surface area contributed by atoms with E-state index < -0.39 is 0 Å². The Morgan fingerprint density at radius 2 is 1.95 bits per heavy atom. The average molecular weight is 350 g/mol. The molecule has 0 radical (unpaired) electrons. The highest BCUT2D eigenvalue weighted by atomic mass is 79.9. The van der Waals surface area contributed by atoms with Gasteiger partial charge in [0.05, 0.1) is 17.1 Å². The number of hydrogen-bond acceptors (Lipinski definition) is 2. The Kier molecular flexibility index (Phi) is 4.27. The van der Waals surface area contributed by atoms with Crippen molar-refractivity contribution in [3.63, 3.8) is 0 Å².